The zero-order chi connectivity index (χ0) is 14.5. The van der Waals surface area contributed by atoms with Gasteiger partial charge in [0, 0.05) is 23.1 Å². The van der Waals surface area contributed by atoms with Crippen LogP contribution in [0.2, 0.25) is 0 Å². The Kier molecular flexibility index (Phi) is 2.81. The lowest BCUT2D eigenvalue weighted by Crippen LogP contribution is -2.20. The van der Waals surface area contributed by atoms with Crippen LogP contribution in [0.15, 0.2) is 12.3 Å². The van der Waals surface area contributed by atoms with Gasteiger partial charge < -0.3 is 5.73 Å². The standard InChI is InChI=1S/C15H21N5/c1-9-12(16)17-14(15(2,3)4)18-13(9)20-8-7-11(19-20)10-5-6-10/h7-8,10H,5-6H2,1-4H3,(H2,16,17,18). The van der Waals surface area contributed by atoms with E-state index in [0.29, 0.717) is 11.7 Å². The summed E-state index contributed by atoms with van der Waals surface area (Å²) in [6.07, 6.45) is 4.46. The van der Waals surface area contributed by atoms with Crippen LogP contribution in [0.25, 0.3) is 5.82 Å². The van der Waals surface area contributed by atoms with Crippen LogP contribution in [0.4, 0.5) is 5.82 Å². The summed E-state index contributed by atoms with van der Waals surface area (Å²) in [6.45, 7) is 8.19. The Morgan fingerprint density at radius 2 is 1.95 bits per heavy atom. The van der Waals surface area contributed by atoms with E-state index in [4.69, 9.17) is 5.73 Å². The minimum Gasteiger partial charge on any atom is -0.383 e. The molecule has 5 nitrogen and oxygen atoms in total. The van der Waals surface area contributed by atoms with Gasteiger partial charge >= 0.3 is 0 Å². The molecule has 1 aliphatic rings. The van der Waals surface area contributed by atoms with Crippen LogP contribution in [0.1, 0.15) is 56.6 Å². The Labute approximate surface area is 119 Å². The summed E-state index contributed by atoms with van der Waals surface area (Å²) in [5.74, 6) is 2.70. The molecule has 1 saturated carbocycles. The maximum Gasteiger partial charge on any atom is 0.162 e. The molecule has 2 aromatic heterocycles. The number of rotatable bonds is 2. The molecule has 0 spiro atoms. The van der Waals surface area contributed by atoms with Crippen molar-refractivity contribution < 1.29 is 0 Å². The number of aromatic nitrogens is 4. The molecule has 3 rings (SSSR count). The van der Waals surface area contributed by atoms with E-state index >= 15 is 0 Å². The number of hydrogen-bond donors (Lipinski definition) is 1. The largest absolute Gasteiger partial charge is 0.383 e. The number of nitrogen functional groups attached to an aromatic ring is 1. The van der Waals surface area contributed by atoms with Gasteiger partial charge in [-0.15, -0.1) is 0 Å². The molecule has 5 heteroatoms. The molecular weight excluding hydrogens is 250 g/mol. The topological polar surface area (TPSA) is 69.6 Å². The van der Waals surface area contributed by atoms with E-state index in [9.17, 15) is 0 Å². The second kappa shape index (κ2) is 4.30. The Morgan fingerprint density at radius 3 is 2.55 bits per heavy atom. The van der Waals surface area contributed by atoms with Gasteiger partial charge in [-0.2, -0.15) is 5.10 Å². The summed E-state index contributed by atoms with van der Waals surface area (Å²) in [5.41, 5.74) is 7.94. The zero-order valence-electron chi connectivity index (χ0n) is 12.5. The van der Waals surface area contributed by atoms with Crippen LogP contribution >= 0.6 is 0 Å². The highest BCUT2D eigenvalue weighted by molar-refractivity contribution is 5.48. The van der Waals surface area contributed by atoms with Gasteiger partial charge in [0.25, 0.3) is 0 Å². The van der Waals surface area contributed by atoms with Gasteiger partial charge in [0.15, 0.2) is 5.82 Å². The van der Waals surface area contributed by atoms with Crippen LogP contribution < -0.4 is 5.73 Å². The van der Waals surface area contributed by atoms with Crippen molar-refractivity contribution in [3.8, 4) is 5.82 Å². The first-order valence-electron chi connectivity index (χ1n) is 7.07. The van der Waals surface area contributed by atoms with Crippen molar-refractivity contribution in [2.45, 2.75) is 51.9 Å². The van der Waals surface area contributed by atoms with E-state index < -0.39 is 0 Å². The van der Waals surface area contributed by atoms with Crippen molar-refractivity contribution in [3.63, 3.8) is 0 Å². The van der Waals surface area contributed by atoms with Gasteiger partial charge in [-0.3, -0.25) is 0 Å². The molecule has 1 aliphatic carbocycles. The van der Waals surface area contributed by atoms with Crippen molar-refractivity contribution in [2.24, 2.45) is 0 Å². The zero-order valence-corrected chi connectivity index (χ0v) is 12.5. The minimum atomic E-state index is -0.136. The van der Waals surface area contributed by atoms with E-state index in [1.54, 1.807) is 0 Å². The lowest BCUT2D eigenvalue weighted by Gasteiger charge is -2.19. The van der Waals surface area contributed by atoms with Crippen LogP contribution in [-0.2, 0) is 5.41 Å². The van der Waals surface area contributed by atoms with Crippen molar-refractivity contribution in [2.75, 3.05) is 5.73 Å². The Balaban J connectivity index is 2.08. The van der Waals surface area contributed by atoms with Crippen molar-refractivity contribution in [3.05, 3.63) is 29.3 Å². The van der Waals surface area contributed by atoms with Crippen molar-refractivity contribution in [1.82, 2.24) is 19.7 Å². The van der Waals surface area contributed by atoms with Crippen molar-refractivity contribution >= 4 is 5.82 Å². The first kappa shape index (κ1) is 13.1. The van der Waals surface area contributed by atoms with E-state index in [2.05, 4.69) is 41.9 Å². The summed E-state index contributed by atoms with van der Waals surface area (Å²) in [4.78, 5) is 9.09. The lowest BCUT2D eigenvalue weighted by atomic mass is 9.95. The summed E-state index contributed by atoms with van der Waals surface area (Å²) in [5, 5.41) is 4.64. The molecule has 2 aromatic rings. The first-order chi connectivity index (χ1) is 9.36. The Hall–Kier alpha value is -1.91. The molecular formula is C15H21N5. The number of hydrogen-bond acceptors (Lipinski definition) is 4. The highest BCUT2D eigenvalue weighted by atomic mass is 15.3. The Morgan fingerprint density at radius 1 is 1.25 bits per heavy atom. The third-order valence-electron chi connectivity index (χ3n) is 3.65. The third kappa shape index (κ3) is 2.28. The average Bonchev–Trinajstić information content (AvgIpc) is 3.10. The fraction of sp³-hybridized carbons (Fsp3) is 0.533. The van der Waals surface area contributed by atoms with Gasteiger partial charge in [0.2, 0.25) is 0 Å². The molecule has 106 valence electrons. The molecule has 20 heavy (non-hydrogen) atoms. The fourth-order valence-electron chi connectivity index (χ4n) is 2.13. The van der Waals surface area contributed by atoms with Gasteiger partial charge in [0.1, 0.15) is 11.6 Å². The van der Waals surface area contributed by atoms with Gasteiger partial charge in [-0.25, -0.2) is 14.6 Å². The molecule has 1 fully saturated rings. The maximum absolute atomic E-state index is 6.04. The van der Waals surface area contributed by atoms with Crippen LogP contribution in [0.5, 0.6) is 0 Å². The first-order valence-corrected chi connectivity index (χ1v) is 7.07. The lowest BCUT2D eigenvalue weighted by molar-refractivity contribution is 0.542. The molecule has 2 N–H and O–H groups in total. The predicted octanol–water partition coefficient (Wildman–Crippen LogP) is 2.73. The molecule has 0 atom stereocenters. The van der Waals surface area contributed by atoms with E-state index in [-0.39, 0.29) is 5.41 Å². The molecule has 0 saturated heterocycles. The van der Waals surface area contributed by atoms with Crippen LogP contribution in [0, 0.1) is 6.92 Å². The minimum absolute atomic E-state index is 0.136. The predicted molar refractivity (Wildman–Crippen MR) is 79.0 cm³/mol. The number of nitrogens with two attached hydrogens (primary N) is 1. The average molecular weight is 271 g/mol. The molecule has 2 heterocycles. The monoisotopic (exact) mass is 271 g/mol. The summed E-state index contributed by atoms with van der Waals surface area (Å²) in [7, 11) is 0. The maximum atomic E-state index is 6.04. The molecule has 0 radical (unpaired) electrons. The Bertz CT molecular complexity index is 647. The molecule has 0 bridgehead atoms. The quantitative estimate of drug-likeness (QED) is 0.911. The molecule has 0 amide bonds. The summed E-state index contributed by atoms with van der Waals surface area (Å²) >= 11 is 0. The second-order valence-electron chi connectivity index (χ2n) is 6.59. The van der Waals surface area contributed by atoms with Crippen LogP contribution in [-0.4, -0.2) is 19.7 Å². The smallest absolute Gasteiger partial charge is 0.162 e. The highest BCUT2D eigenvalue weighted by Crippen LogP contribution is 2.39. The second-order valence-corrected chi connectivity index (χ2v) is 6.59. The van der Waals surface area contributed by atoms with E-state index in [0.717, 1.165) is 22.9 Å². The summed E-state index contributed by atoms with van der Waals surface area (Å²) in [6, 6.07) is 2.08. The number of anilines is 1. The molecule has 0 aromatic carbocycles. The van der Waals surface area contributed by atoms with E-state index in [1.165, 1.54) is 12.8 Å². The SMILES string of the molecule is Cc1c(N)nc(C(C)(C)C)nc1-n1ccc(C2CC2)n1. The van der Waals surface area contributed by atoms with Crippen molar-refractivity contribution in [1.29, 1.82) is 0 Å². The normalized spacial score (nSPS) is 15.6. The van der Waals surface area contributed by atoms with Crippen LogP contribution in [0.3, 0.4) is 0 Å². The van der Waals surface area contributed by atoms with E-state index in [1.807, 2.05) is 17.8 Å². The summed E-state index contributed by atoms with van der Waals surface area (Å²) < 4.78 is 1.83. The van der Waals surface area contributed by atoms with Gasteiger partial charge in [-0.05, 0) is 25.8 Å². The molecule has 0 unspecified atom stereocenters. The fourth-order valence-corrected chi connectivity index (χ4v) is 2.13. The van der Waals surface area contributed by atoms with Gasteiger partial charge in [-0.1, -0.05) is 20.8 Å². The molecule has 0 aliphatic heterocycles. The van der Waals surface area contributed by atoms with Gasteiger partial charge in [0.05, 0.1) is 5.69 Å². The third-order valence-corrected chi connectivity index (χ3v) is 3.65. The highest BCUT2D eigenvalue weighted by Gasteiger charge is 2.27. The number of nitrogens with zero attached hydrogens (tertiary/aromatic N) is 4.